The first-order chi connectivity index (χ1) is 10.1. The van der Waals surface area contributed by atoms with E-state index < -0.39 is 5.60 Å². The average Bonchev–Trinajstić information content (AvgIpc) is 2.53. The van der Waals surface area contributed by atoms with Crippen LogP contribution in [0.5, 0.6) is 5.75 Å². The zero-order valence-corrected chi connectivity index (χ0v) is 12.8. The third-order valence-corrected chi connectivity index (χ3v) is 4.44. The summed E-state index contributed by atoms with van der Waals surface area (Å²) in [7, 11) is 1.51. The molecule has 1 aliphatic rings. The summed E-state index contributed by atoms with van der Waals surface area (Å²) >= 11 is 0. The smallest absolute Gasteiger partial charge is 0.255 e. The zero-order valence-electron chi connectivity index (χ0n) is 12.8. The standard InChI is InChI=1S/C16H24N2O3/c1-3-12-4-7-16(20,8-5-12)11-18-15(19)13-6-9-17-10-14(13)21-2/h6,9-10,12,20H,3-5,7-8,11H2,1-2H3,(H,18,19). The van der Waals surface area contributed by atoms with Gasteiger partial charge in [0.25, 0.3) is 5.91 Å². The molecular formula is C16H24N2O3. The number of amides is 1. The number of nitrogens with zero attached hydrogens (tertiary/aromatic N) is 1. The molecule has 1 amide bonds. The van der Waals surface area contributed by atoms with Crippen molar-refractivity contribution in [3.05, 3.63) is 24.0 Å². The molecule has 21 heavy (non-hydrogen) atoms. The molecule has 2 rings (SSSR count). The predicted molar refractivity (Wildman–Crippen MR) is 80.3 cm³/mol. The van der Waals surface area contributed by atoms with Gasteiger partial charge in [-0.2, -0.15) is 0 Å². The number of hydrogen-bond donors (Lipinski definition) is 2. The Morgan fingerprint density at radius 3 is 2.86 bits per heavy atom. The number of nitrogens with one attached hydrogen (secondary N) is 1. The van der Waals surface area contributed by atoms with Gasteiger partial charge in [0.2, 0.25) is 0 Å². The first-order valence-electron chi connectivity index (χ1n) is 7.56. The molecule has 0 radical (unpaired) electrons. The summed E-state index contributed by atoms with van der Waals surface area (Å²) in [5, 5.41) is 13.4. The van der Waals surface area contributed by atoms with Gasteiger partial charge in [0.15, 0.2) is 0 Å². The fourth-order valence-corrected chi connectivity index (χ4v) is 2.87. The Balaban J connectivity index is 1.92. The van der Waals surface area contributed by atoms with Gasteiger partial charge in [-0.3, -0.25) is 9.78 Å². The number of pyridine rings is 1. The number of carbonyl (C=O) groups is 1. The van der Waals surface area contributed by atoms with Crippen molar-refractivity contribution in [3.8, 4) is 5.75 Å². The van der Waals surface area contributed by atoms with Crippen LogP contribution >= 0.6 is 0 Å². The Bertz CT molecular complexity index is 482. The minimum Gasteiger partial charge on any atom is -0.494 e. The van der Waals surface area contributed by atoms with Crippen molar-refractivity contribution in [2.45, 2.75) is 44.6 Å². The van der Waals surface area contributed by atoms with Crippen LogP contribution in [0, 0.1) is 5.92 Å². The van der Waals surface area contributed by atoms with Crippen molar-refractivity contribution in [1.82, 2.24) is 10.3 Å². The summed E-state index contributed by atoms with van der Waals surface area (Å²) in [6.45, 7) is 2.47. The highest BCUT2D eigenvalue weighted by Crippen LogP contribution is 2.33. The lowest BCUT2D eigenvalue weighted by Crippen LogP contribution is -2.45. The van der Waals surface area contributed by atoms with Crippen LogP contribution in [-0.2, 0) is 0 Å². The van der Waals surface area contributed by atoms with Crippen LogP contribution in [0.3, 0.4) is 0 Å². The molecule has 0 bridgehead atoms. The lowest BCUT2D eigenvalue weighted by molar-refractivity contribution is -0.00788. The molecular weight excluding hydrogens is 268 g/mol. The molecule has 1 aromatic rings. The third kappa shape index (κ3) is 3.94. The van der Waals surface area contributed by atoms with E-state index in [0.717, 1.165) is 32.1 Å². The quantitative estimate of drug-likeness (QED) is 0.872. The van der Waals surface area contributed by atoms with Crippen molar-refractivity contribution >= 4 is 5.91 Å². The van der Waals surface area contributed by atoms with E-state index in [1.165, 1.54) is 13.3 Å². The van der Waals surface area contributed by atoms with E-state index >= 15 is 0 Å². The molecule has 5 heteroatoms. The summed E-state index contributed by atoms with van der Waals surface area (Å²) in [5.41, 5.74) is -0.333. The highest BCUT2D eigenvalue weighted by Gasteiger charge is 2.33. The van der Waals surface area contributed by atoms with Gasteiger partial charge in [0.1, 0.15) is 5.75 Å². The fourth-order valence-electron chi connectivity index (χ4n) is 2.87. The van der Waals surface area contributed by atoms with Crippen LogP contribution in [-0.4, -0.2) is 35.3 Å². The maximum absolute atomic E-state index is 12.2. The molecule has 1 aliphatic carbocycles. The van der Waals surface area contributed by atoms with E-state index in [-0.39, 0.29) is 12.5 Å². The molecule has 0 aromatic carbocycles. The van der Waals surface area contributed by atoms with Crippen LogP contribution in [0.15, 0.2) is 18.5 Å². The summed E-state index contributed by atoms with van der Waals surface area (Å²) in [5.74, 6) is 0.915. The highest BCUT2D eigenvalue weighted by atomic mass is 16.5. The van der Waals surface area contributed by atoms with Gasteiger partial charge < -0.3 is 15.2 Å². The first-order valence-corrected chi connectivity index (χ1v) is 7.56. The van der Waals surface area contributed by atoms with E-state index in [2.05, 4.69) is 17.2 Å². The Kier molecular flexibility index (Phi) is 5.17. The normalized spacial score (nSPS) is 25.4. The first kappa shape index (κ1) is 15.8. The van der Waals surface area contributed by atoms with E-state index in [1.54, 1.807) is 12.3 Å². The zero-order chi connectivity index (χ0) is 15.3. The van der Waals surface area contributed by atoms with Crippen molar-refractivity contribution in [1.29, 1.82) is 0 Å². The minimum atomic E-state index is -0.776. The molecule has 5 nitrogen and oxygen atoms in total. The second-order valence-electron chi connectivity index (χ2n) is 5.83. The number of carbonyl (C=O) groups excluding carboxylic acids is 1. The molecule has 0 atom stereocenters. The monoisotopic (exact) mass is 292 g/mol. The predicted octanol–water partition coefficient (Wildman–Crippen LogP) is 2.15. The Morgan fingerprint density at radius 2 is 2.24 bits per heavy atom. The molecule has 0 saturated heterocycles. The lowest BCUT2D eigenvalue weighted by atomic mass is 9.78. The summed E-state index contributed by atoms with van der Waals surface area (Å²) in [6.07, 6.45) is 7.78. The second-order valence-corrected chi connectivity index (χ2v) is 5.83. The van der Waals surface area contributed by atoms with Crippen LogP contribution in [0.1, 0.15) is 49.4 Å². The molecule has 1 heterocycles. The molecule has 0 spiro atoms. The molecule has 1 fully saturated rings. The van der Waals surface area contributed by atoms with Gasteiger partial charge in [0, 0.05) is 12.7 Å². The molecule has 1 saturated carbocycles. The van der Waals surface area contributed by atoms with Crippen LogP contribution in [0.4, 0.5) is 0 Å². The number of hydrogen-bond acceptors (Lipinski definition) is 4. The van der Waals surface area contributed by atoms with Gasteiger partial charge >= 0.3 is 0 Å². The lowest BCUT2D eigenvalue weighted by Gasteiger charge is -2.35. The van der Waals surface area contributed by atoms with Gasteiger partial charge in [-0.05, 0) is 37.7 Å². The fraction of sp³-hybridized carbons (Fsp3) is 0.625. The van der Waals surface area contributed by atoms with E-state index in [1.807, 2.05) is 0 Å². The summed E-state index contributed by atoms with van der Waals surface area (Å²) in [4.78, 5) is 16.1. The van der Waals surface area contributed by atoms with Crippen LogP contribution < -0.4 is 10.1 Å². The number of rotatable bonds is 5. The van der Waals surface area contributed by atoms with Crippen molar-refractivity contribution in [2.75, 3.05) is 13.7 Å². The Labute approximate surface area is 125 Å². The van der Waals surface area contributed by atoms with Crippen molar-refractivity contribution in [2.24, 2.45) is 5.92 Å². The Morgan fingerprint density at radius 1 is 1.52 bits per heavy atom. The third-order valence-electron chi connectivity index (χ3n) is 4.44. The number of ether oxygens (including phenoxy) is 1. The topological polar surface area (TPSA) is 71.5 Å². The summed E-state index contributed by atoms with van der Waals surface area (Å²) in [6, 6.07) is 1.62. The molecule has 0 aliphatic heterocycles. The maximum Gasteiger partial charge on any atom is 0.255 e. The molecule has 1 aromatic heterocycles. The average molecular weight is 292 g/mol. The number of methoxy groups -OCH3 is 1. The largest absolute Gasteiger partial charge is 0.494 e. The van der Waals surface area contributed by atoms with Crippen LogP contribution in [0.25, 0.3) is 0 Å². The molecule has 116 valence electrons. The van der Waals surface area contributed by atoms with E-state index in [9.17, 15) is 9.90 Å². The van der Waals surface area contributed by atoms with Gasteiger partial charge in [0.05, 0.1) is 24.5 Å². The highest BCUT2D eigenvalue weighted by molar-refractivity contribution is 5.96. The number of aliphatic hydroxyl groups is 1. The van der Waals surface area contributed by atoms with Crippen molar-refractivity contribution in [3.63, 3.8) is 0 Å². The Hall–Kier alpha value is -1.62. The van der Waals surface area contributed by atoms with Gasteiger partial charge in [-0.1, -0.05) is 13.3 Å². The van der Waals surface area contributed by atoms with Gasteiger partial charge in [-0.25, -0.2) is 0 Å². The number of aromatic nitrogens is 1. The maximum atomic E-state index is 12.2. The molecule has 0 unspecified atom stereocenters. The molecule has 2 N–H and O–H groups in total. The van der Waals surface area contributed by atoms with Crippen LogP contribution in [0.2, 0.25) is 0 Å². The van der Waals surface area contributed by atoms with Gasteiger partial charge in [-0.15, -0.1) is 0 Å². The van der Waals surface area contributed by atoms with E-state index in [4.69, 9.17) is 4.74 Å². The van der Waals surface area contributed by atoms with Crippen molar-refractivity contribution < 1.29 is 14.6 Å². The second kappa shape index (κ2) is 6.89. The summed E-state index contributed by atoms with van der Waals surface area (Å²) < 4.78 is 5.13. The minimum absolute atomic E-state index is 0.236. The SMILES string of the molecule is CCC1CCC(O)(CNC(=O)c2ccncc2OC)CC1. The van der Waals surface area contributed by atoms with E-state index in [0.29, 0.717) is 17.2 Å².